The van der Waals surface area contributed by atoms with E-state index in [-0.39, 0.29) is 0 Å². The summed E-state index contributed by atoms with van der Waals surface area (Å²) in [6.45, 7) is 4.11. The molecule has 1 aromatic rings. The molecule has 0 atom stereocenters. The van der Waals surface area contributed by atoms with Gasteiger partial charge in [-0.25, -0.2) is 0 Å². The van der Waals surface area contributed by atoms with Crippen LogP contribution >= 0.6 is 0 Å². The number of carbonyl (C=O) groups excluding carboxylic acids is 1. The van der Waals surface area contributed by atoms with Crippen LogP contribution in [0.5, 0.6) is 0 Å². The molecule has 0 amide bonds. The quantitative estimate of drug-likeness (QED) is 0.669. The van der Waals surface area contributed by atoms with E-state index in [1.54, 1.807) is 0 Å². The summed E-state index contributed by atoms with van der Waals surface area (Å²) >= 11 is 0. The highest BCUT2D eigenvalue weighted by Gasteiger charge is 2.23. The van der Waals surface area contributed by atoms with Crippen molar-refractivity contribution in [2.45, 2.75) is 39.5 Å². The van der Waals surface area contributed by atoms with E-state index < -0.39 is 0 Å². The van der Waals surface area contributed by atoms with Crippen molar-refractivity contribution < 1.29 is 4.79 Å². The second-order valence-electron chi connectivity index (χ2n) is 4.72. The monoisotopic (exact) mass is 202 g/mol. The molecule has 0 heterocycles. The summed E-state index contributed by atoms with van der Waals surface area (Å²) in [7, 11) is 0. The molecular weight excluding hydrogens is 184 g/mol. The van der Waals surface area contributed by atoms with Gasteiger partial charge in [-0.2, -0.15) is 0 Å². The zero-order valence-electron chi connectivity index (χ0n) is 9.55. The second-order valence-corrected chi connectivity index (χ2v) is 4.72. The fourth-order valence-corrected chi connectivity index (χ4v) is 2.54. The Morgan fingerprint density at radius 2 is 1.60 bits per heavy atom. The maximum atomic E-state index is 12.2. The highest BCUT2D eigenvalue weighted by atomic mass is 16.1. The number of carbonyl (C=O) groups is 1. The van der Waals surface area contributed by atoms with Crippen molar-refractivity contribution in [2.75, 3.05) is 0 Å². The standard InChI is InChI=1S/C14H18O/c1-10-7-11(2)9-13(8-10)14(15)12-5-3-4-6-12/h7-9,12H,3-6H2,1-2H3. The first kappa shape index (κ1) is 10.4. The van der Waals surface area contributed by atoms with Gasteiger partial charge in [0.15, 0.2) is 5.78 Å². The summed E-state index contributed by atoms with van der Waals surface area (Å²) in [5.74, 6) is 0.658. The van der Waals surface area contributed by atoms with E-state index >= 15 is 0 Å². The third-order valence-corrected chi connectivity index (χ3v) is 3.23. The summed E-state index contributed by atoms with van der Waals surface area (Å²) in [5, 5.41) is 0. The van der Waals surface area contributed by atoms with E-state index in [1.165, 1.54) is 24.0 Å². The van der Waals surface area contributed by atoms with Crippen LogP contribution in [-0.4, -0.2) is 5.78 Å². The van der Waals surface area contributed by atoms with Crippen LogP contribution in [0.1, 0.15) is 47.2 Å². The number of Topliss-reactive ketones (excluding diaryl/α,β-unsaturated/α-hetero) is 1. The largest absolute Gasteiger partial charge is 0.294 e. The zero-order chi connectivity index (χ0) is 10.8. The van der Waals surface area contributed by atoms with Crippen LogP contribution in [0.4, 0.5) is 0 Å². The molecule has 0 N–H and O–H groups in total. The van der Waals surface area contributed by atoms with Crippen molar-refractivity contribution in [3.63, 3.8) is 0 Å². The molecule has 1 nitrogen and oxygen atoms in total. The molecule has 0 spiro atoms. The molecule has 1 fully saturated rings. The predicted molar refractivity (Wildman–Crippen MR) is 62.2 cm³/mol. The summed E-state index contributed by atoms with van der Waals surface area (Å²) in [6, 6.07) is 6.16. The van der Waals surface area contributed by atoms with Gasteiger partial charge in [-0.05, 0) is 38.8 Å². The fraction of sp³-hybridized carbons (Fsp3) is 0.500. The second kappa shape index (κ2) is 4.18. The van der Waals surface area contributed by atoms with Crippen LogP contribution in [0.3, 0.4) is 0 Å². The zero-order valence-corrected chi connectivity index (χ0v) is 9.55. The highest BCUT2D eigenvalue weighted by Crippen LogP contribution is 2.28. The Labute approximate surface area is 91.5 Å². The number of hydrogen-bond donors (Lipinski definition) is 0. The van der Waals surface area contributed by atoms with Gasteiger partial charge in [0.2, 0.25) is 0 Å². The molecular formula is C14H18O. The number of benzene rings is 1. The minimum atomic E-state index is 0.297. The van der Waals surface area contributed by atoms with Gasteiger partial charge < -0.3 is 0 Å². The Kier molecular flexibility index (Phi) is 2.90. The SMILES string of the molecule is Cc1cc(C)cc(C(=O)C2CCCC2)c1. The first-order chi connectivity index (χ1) is 7.16. The summed E-state index contributed by atoms with van der Waals surface area (Å²) in [6.07, 6.45) is 4.63. The van der Waals surface area contributed by atoms with Crippen LogP contribution < -0.4 is 0 Å². The Morgan fingerprint density at radius 3 is 2.13 bits per heavy atom. The highest BCUT2D eigenvalue weighted by molar-refractivity contribution is 5.98. The van der Waals surface area contributed by atoms with E-state index in [0.717, 1.165) is 18.4 Å². The van der Waals surface area contributed by atoms with Gasteiger partial charge in [0.1, 0.15) is 0 Å². The topological polar surface area (TPSA) is 17.1 Å². The predicted octanol–water partition coefficient (Wildman–Crippen LogP) is 3.68. The Balaban J connectivity index is 2.24. The molecule has 0 aliphatic heterocycles. The lowest BCUT2D eigenvalue weighted by atomic mass is 9.94. The molecule has 1 aliphatic rings. The molecule has 0 radical (unpaired) electrons. The molecule has 1 aromatic carbocycles. The van der Waals surface area contributed by atoms with Crippen LogP contribution in [0.2, 0.25) is 0 Å². The van der Waals surface area contributed by atoms with Gasteiger partial charge in [-0.15, -0.1) is 0 Å². The maximum Gasteiger partial charge on any atom is 0.165 e. The van der Waals surface area contributed by atoms with Crippen molar-refractivity contribution in [1.82, 2.24) is 0 Å². The molecule has 1 saturated carbocycles. The van der Waals surface area contributed by atoms with Gasteiger partial charge in [-0.3, -0.25) is 4.79 Å². The smallest absolute Gasteiger partial charge is 0.165 e. The maximum absolute atomic E-state index is 12.2. The van der Waals surface area contributed by atoms with Crippen LogP contribution in [0.15, 0.2) is 18.2 Å². The van der Waals surface area contributed by atoms with E-state index in [2.05, 4.69) is 19.9 Å². The van der Waals surface area contributed by atoms with Gasteiger partial charge >= 0.3 is 0 Å². The van der Waals surface area contributed by atoms with Gasteiger partial charge in [0, 0.05) is 11.5 Å². The molecule has 1 heteroatoms. The van der Waals surface area contributed by atoms with E-state index in [9.17, 15) is 4.79 Å². The van der Waals surface area contributed by atoms with E-state index in [4.69, 9.17) is 0 Å². The van der Waals surface area contributed by atoms with Crippen molar-refractivity contribution >= 4 is 5.78 Å². The summed E-state index contributed by atoms with van der Waals surface area (Å²) < 4.78 is 0. The minimum Gasteiger partial charge on any atom is -0.294 e. The number of hydrogen-bond acceptors (Lipinski definition) is 1. The average Bonchev–Trinajstić information content (AvgIpc) is 2.67. The first-order valence-corrected chi connectivity index (χ1v) is 5.79. The third-order valence-electron chi connectivity index (χ3n) is 3.23. The van der Waals surface area contributed by atoms with E-state index in [0.29, 0.717) is 11.7 Å². The lowest BCUT2D eigenvalue weighted by molar-refractivity contribution is 0.0922. The van der Waals surface area contributed by atoms with Crippen LogP contribution in [0, 0.1) is 19.8 Å². The molecule has 0 saturated heterocycles. The first-order valence-electron chi connectivity index (χ1n) is 5.79. The Bertz CT molecular complexity index is 353. The number of rotatable bonds is 2. The fourth-order valence-electron chi connectivity index (χ4n) is 2.54. The van der Waals surface area contributed by atoms with Crippen LogP contribution in [0.25, 0.3) is 0 Å². The molecule has 80 valence electrons. The summed E-state index contributed by atoms with van der Waals surface area (Å²) in [4.78, 5) is 12.2. The Morgan fingerprint density at radius 1 is 1.07 bits per heavy atom. The molecule has 2 rings (SSSR count). The Hall–Kier alpha value is -1.11. The minimum absolute atomic E-state index is 0.297. The van der Waals surface area contributed by atoms with Crippen molar-refractivity contribution in [2.24, 2.45) is 5.92 Å². The van der Waals surface area contributed by atoms with Gasteiger partial charge in [-0.1, -0.05) is 30.0 Å². The molecule has 0 bridgehead atoms. The van der Waals surface area contributed by atoms with Crippen molar-refractivity contribution in [3.05, 3.63) is 34.9 Å². The lowest BCUT2D eigenvalue weighted by Crippen LogP contribution is -2.11. The third kappa shape index (κ3) is 2.28. The molecule has 0 aromatic heterocycles. The number of aryl methyl sites for hydroxylation is 2. The normalized spacial score (nSPS) is 16.9. The van der Waals surface area contributed by atoms with Crippen molar-refractivity contribution in [3.8, 4) is 0 Å². The van der Waals surface area contributed by atoms with Gasteiger partial charge in [0.25, 0.3) is 0 Å². The average molecular weight is 202 g/mol. The van der Waals surface area contributed by atoms with Crippen molar-refractivity contribution in [1.29, 1.82) is 0 Å². The molecule has 15 heavy (non-hydrogen) atoms. The van der Waals surface area contributed by atoms with Crippen LogP contribution in [-0.2, 0) is 0 Å². The van der Waals surface area contributed by atoms with E-state index in [1.807, 2.05) is 12.1 Å². The molecule has 1 aliphatic carbocycles. The van der Waals surface area contributed by atoms with Gasteiger partial charge in [0.05, 0.1) is 0 Å². The number of ketones is 1. The lowest BCUT2D eigenvalue weighted by Gasteiger charge is -2.09. The molecule has 0 unspecified atom stereocenters. The summed E-state index contributed by atoms with van der Waals surface area (Å²) in [5.41, 5.74) is 3.30.